The van der Waals surface area contributed by atoms with Gasteiger partial charge in [-0.2, -0.15) is 0 Å². The summed E-state index contributed by atoms with van der Waals surface area (Å²) < 4.78 is 13.5. The molecular formula is C18H18Cl2FN5O. The number of hydrogen-bond donors (Lipinski definition) is 2. The molecule has 27 heavy (non-hydrogen) atoms. The SMILES string of the molecule is CC1CC(N(N)c2ccccn2)=C(N)CN1C(=O)c1ccc(F)c(Cl)c1Cl. The summed E-state index contributed by atoms with van der Waals surface area (Å²) in [6.45, 7) is 2.02. The van der Waals surface area contributed by atoms with Crippen molar-refractivity contribution >= 4 is 34.9 Å². The smallest absolute Gasteiger partial charge is 0.256 e. The molecule has 1 aliphatic heterocycles. The second-order valence-corrected chi connectivity index (χ2v) is 6.99. The van der Waals surface area contributed by atoms with Crippen molar-refractivity contribution in [2.45, 2.75) is 19.4 Å². The number of halogens is 3. The molecule has 0 spiro atoms. The zero-order valence-corrected chi connectivity index (χ0v) is 16.0. The maximum atomic E-state index is 13.5. The van der Waals surface area contributed by atoms with E-state index in [9.17, 15) is 9.18 Å². The van der Waals surface area contributed by atoms with Crippen molar-refractivity contribution in [2.75, 3.05) is 11.6 Å². The number of nitrogens with zero attached hydrogens (tertiary/aromatic N) is 3. The van der Waals surface area contributed by atoms with E-state index in [4.69, 9.17) is 34.8 Å². The van der Waals surface area contributed by atoms with Gasteiger partial charge in [0.2, 0.25) is 0 Å². The topological polar surface area (TPSA) is 88.5 Å². The molecule has 1 aliphatic rings. The van der Waals surface area contributed by atoms with Gasteiger partial charge in [-0.25, -0.2) is 15.2 Å². The van der Waals surface area contributed by atoms with Gasteiger partial charge in [0.05, 0.1) is 27.9 Å². The molecule has 0 saturated carbocycles. The molecule has 142 valence electrons. The van der Waals surface area contributed by atoms with Crippen LogP contribution in [0.5, 0.6) is 0 Å². The Kier molecular flexibility index (Phi) is 5.55. The Morgan fingerprint density at radius 3 is 2.70 bits per heavy atom. The van der Waals surface area contributed by atoms with E-state index < -0.39 is 5.82 Å². The first kappa shape index (κ1) is 19.4. The van der Waals surface area contributed by atoms with Gasteiger partial charge in [-0.3, -0.25) is 9.80 Å². The number of benzene rings is 1. The number of carbonyl (C=O) groups is 1. The maximum Gasteiger partial charge on any atom is 0.256 e. The number of nitrogens with two attached hydrogens (primary N) is 2. The summed E-state index contributed by atoms with van der Waals surface area (Å²) in [7, 11) is 0. The minimum atomic E-state index is -0.680. The fourth-order valence-electron chi connectivity index (χ4n) is 2.96. The number of carbonyl (C=O) groups excluding carboxylic acids is 1. The molecule has 0 saturated heterocycles. The normalized spacial score (nSPS) is 17.2. The zero-order chi connectivity index (χ0) is 19.7. The summed E-state index contributed by atoms with van der Waals surface area (Å²) in [4.78, 5) is 18.7. The van der Waals surface area contributed by atoms with Crippen molar-refractivity contribution in [3.8, 4) is 0 Å². The highest BCUT2D eigenvalue weighted by Gasteiger charge is 2.32. The highest BCUT2D eigenvalue weighted by atomic mass is 35.5. The Balaban J connectivity index is 1.87. The lowest BCUT2D eigenvalue weighted by molar-refractivity contribution is 0.0695. The monoisotopic (exact) mass is 409 g/mol. The fourth-order valence-corrected chi connectivity index (χ4v) is 3.36. The number of hydrazine groups is 1. The fraction of sp³-hybridized carbons (Fsp3) is 0.222. The predicted octanol–water partition coefficient (Wildman–Crippen LogP) is 3.31. The van der Waals surface area contributed by atoms with Crippen LogP contribution in [0.3, 0.4) is 0 Å². The van der Waals surface area contributed by atoms with E-state index in [1.54, 1.807) is 23.2 Å². The van der Waals surface area contributed by atoms with Crippen LogP contribution in [0.25, 0.3) is 0 Å². The molecule has 1 aromatic heterocycles. The van der Waals surface area contributed by atoms with Gasteiger partial charge in [0.15, 0.2) is 0 Å². The van der Waals surface area contributed by atoms with Crippen molar-refractivity contribution in [1.82, 2.24) is 9.88 Å². The average molecular weight is 410 g/mol. The van der Waals surface area contributed by atoms with Crippen molar-refractivity contribution in [1.29, 1.82) is 0 Å². The number of amides is 1. The second kappa shape index (κ2) is 7.72. The molecule has 2 heterocycles. The van der Waals surface area contributed by atoms with Crippen molar-refractivity contribution in [3.05, 3.63) is 69.3 Å². The Labute approximate surface area is 166 Å². The molecule has 0 radical (unpaired) electrons. The summed E-state index contributed by atoms with van der Waals surface area (Å²) in [6.07, 6.45) is 2.06. The van der Waals surface area contributed by atoms with Crippen LogP contribution in [0.15, 0.2) is 47.9 Å². The van der Waals surface area contributed by atoms with Crippen molar-refractivity contribution in [3.63, 3.8) is 0 Å². The zero-order valence-electron chi connectivity index (χ0n) is 14.5. The Hall–Kier alpha value is -2.35. The molecule has 1 atom stereocenters. The number of hydrogen-bond acceptors (Lipinski definition) is 5. The lowest BCUT2D eigenvalue weighted by Gasteiger charge is -2.37. The maximum absolute atomic E-state index is 13.5. The molecule has 1 amide bonds. The molecule has 9 heteroatoms. The molecule has 2 aromatic rings. The lowest BCUT2D eigenvalue weighted by Crippen LogP contribution is -2.48. The van der Waals surface area contributed by atoms with E-state index in [0.717, 1.165) is 6.07 Å². The van der Waals surface area contributed by atoms with Gasteiger partial charge in [-0.15, -0.1) is 0 Å². The second-order valence-electron chi connectivity index (χ2n) is 6.24. The highest BCUT2D eigenvalue weighted by molar-refractivity contribution is 6.44. The van der Waals surface area contributed by atoms with Crippen molar-refractivity contribution in [2.24, 2.45) is 11.6 Å². The summed E-state index contributed by atoms with van der Waals surface area (Å²) >= 11 is 11.9. The van der Waals surface area contributed by atoms with Gasteiger partial charge in [0, 0.05) is 24.4 Å². The molecule has 4 N–H and O–H groups in total. The molecule has 0 aliphatic carbocycles. The van der Waals surface area contributed by atoms with Crippen LogP contribution in [0, 0.1) is 5.82 Å². The molecule has 0 fully saturated rings. The molecule has 6 nitrogen and oxygen atoms in total. The van der Waals surface area contributed by atoms with Crippen molar-refractivity contribution < 1.29 is 9.18 Å². The van der Waals surface area contributed by atoms with Gasteiger partial charge in [-0.1, -0.05) is 29.3 Å². The van der Waals surface area contributed by atoms with E-state index in [2.05, 4.69) is 4.98 Å². The van der Waals surface area contributed by atoms with E-state index in [1.165, 1.54) is 11.1 Å². The van der Waals surface area contributed by atoms with E-state index in [1.807, 2.05) is 13.0 Å². The van der Waals surface area contributed by atoms with Gasteiger partial charge < -0.3 is 10.6 Å². The van der Waals surface area contributed by atoms with Crippen LogP contribution in [0.4, 0.5) is 10.2 Å². The highest BCUT2D eigenvalue weighted by Crippen LogP contribution is 2.32. The van der Waals surface area contributed by atoms with Crippen LogP contribution in [-0.4, -0.2) is 28.4 Å². The number of rotatable bonds is 3. The summed E-state index contributed by atoms with van der Waals surface area (Å²) in [5, 5.41) is 1.03. The standard InChI is InChI=1S/C18H18Cl2FN5O/c1-10-8-14(26(23)15-4-2-3-7-24-15)13(22)9-25(10)18(27)11-5-6-12(21)17(20)16(11)19/h2-7,10H,8-9,22-23H2,1H3. The van der Waals surface area contributed by atoms with Gasteiger partial charge in [0.1, 0.15) is 11.6 Å². The largest absolute Gasteiger partial charge is 0.399 e. The summed E-state index contributed by atoms with van der Waals surface area (Å²) in [5.41, 5.74) is 7.45. The van der Waals surface area contributed by atoms with Crippen LogP contribution in [0.2, 0.25) is 10.0 Å². The van der Waals surface area contributed by atoms with Crippen LogP contribution in [0.1, 0.15) is 23.7 Å². The first-order valence-corrected chi connectivity index (χ1v) is 8.94. The summed E-state index contributed by atoms with van der Waals surface area (Å²) in [5.74, 6) is 5.66. The molecular weight excluding hydrogens is 392 g/mol. The van der Waals surface area contributed by atoms with E-state index in [-0.39, 0.29) is 34.1 Å². The first-order valence-electron chi connectivity index (χ1n) is 8.19. The quantitative estimate of drug-likeness (QED) is 0.461. The number of anilines is 1. The third-order valence-electron chi connectivity index (χ3n) is 4.45. The molecule has 1 unspecified atom stereocenters. The van der Waals surface area contributed by atoms with Crippen LogP contribution >= 0.6 is 23.2 Å². The summed E-state index contributed by atoms with van der Waals surface area (Å²) in [6, 6.07) is 7.59. The average Bonchev–Trinajstić information content (AvgIpc) is 2.67. The Bertz CT molecular complexity index is 906. The van der Waals surface area contributed by atoms with E-state index in [0.29, 0.717) is 23.6 Å². The third-order valence-corrected chi connectivity index (χ3v) is 5.30. The third kappa shape index (κ3) is 3.71. The lowest BCUT2D eigenvalue weighted by atomic mass is 10.0. The molecule has 3 rings (SSSR count). The number of aromatic nitrogens is 1. The Morgan fingerprint density at radius 1 is 1.30 bits per heavy atom. The predicted molar refractivity (Wildman–Crippen MR) is 104 cm³/mol. The minimum Gasteiger partial charge on any atom is -0.399 e. The molecule has 0 bridgehead atoms. The first-order chi connectivity index (χ1) is 12.8. The van der Waals surface area contributed by atoms with E-state index >= 15 is 0 Å². The molecule has 1 aromatic carbocycles. The van der Waals surface area contributed by atoms with Crippen LogP contribution in [-0.2, 0) is 0 Å². The van der Waals surface area contributed by atoms with Gasteiger partial charge in [-0.05, 0) is 31.2 Å². The van der Waals surface area contributed by atoms with Crippen LogP contribution < -0.4 is 16.6 Å². The minimum absolute atomic E-state index is 0.115. The Morgan fingerprint density at radius 2 is 2.04 bits per heavy atom. The van der Waals surface area contributed by atoms with Gasteiger partial charge >= 0.3 is 0 Å². The van der Waals surface area contributed by atoms with Gasteiger partial charge in [0.25, 0.3) is 5.91 Å². The number of pyridine rings is 1.